The highest BCUT2D eigenvalue weighted by Crippen LogP contribution is 2.22. The predicted molar refractivity (Wildman–Crippen MR) is 108 cm³/mol. The van der Waals surface area contributed by atoms with Crippen molar-refractivity contribution in [2.75, 3.05) is 30.3 Å². The van der Waals surface area contributed by atoms with E-state index in [0.717, 1.165) is 12.8 Å². The average molecular weight is 419 g/mol. The Morgan fingerprint density at radius 3 is 2.36 bits per heavy atom. The van der Waals surface area contributed by atoms with Gasteiger partial charge in [0, 0.05) is 24.5 Å². The predicted octanol–water partition coefficient (Wildman–Crippen LogP) is 3.05. The van der Waals surface area contributed by atoms with Gasteiger partial charge >= 0.3 is 0 Å². The van der Waals surface area contributed by atoms with E-state index >= 15 is 0 Å². The topological polar surface area (TPSA) is 102 Å². The van der Waals surface area contributed by atoms with Crippen LogP contribution in [0.15, 0.2) is 47.4 Å². The van der Waals surface area contributed by atoms with Crippen molar-refractivity contribution in [3.05, 3.63) is 53.1 Å². The largest absolute Gasteiger partial charge is 0.376 e. The highest BCUT2D eigenvalue weighted by atomic mass is 35.5. The van der Waals surface area contributed by atoms with Crippen molar-refractivity contribution in [2.45, 2.75) is 17.7 Å². The lowest BCUT2D eigenvalue weighted by Crippen LogP contribution is -2.27. The summed E-state index contributed by atoms with van der Waals surface area (Å²) in [5, 5.41) is 14.8. The number of sulfonamides is 1. The van der Waals surface area contributed by atoms with Crippen molar-refractivity contribution in [3.8, 4) is 6.07 Å². The molecule has 1 fully saturated rings. The first-order chi connectivity index (χ1) is 13.4. The van der Waals surface area contributed by atoms with E-state index in [0.29, 0.717) is 30.0 Å². The van der Waals surface area contributed by atoms with Crippen molar-refractivity contribution in [1.29, 1.82) is 5.26 Å². The van der Waals surface area contributed by atoms with Crippen molar-refractivity contribution in [2.24, 2.45) is 0 Å². The first-order valence-electron chi connectivity index (χ1n) is 8.74. The lowest BCUT2D eigenvalue weighted by atomic mass is 10.2. The van der Waals surface area contributed by atoms with Gasteiger partial charge in [-0.3, -0.25) is 4.79 Å². The van der Waals surface area contributed by atoms with Crippen molar-refractivity contribution < 1.29 is 13.2 Å². The number of anilines is 2. The number of nitriles is 1. The zero-order valence-electron chi connectivity index (χ0n) is 15.0. The van der Waals surface area contributed by atoms with Crippen molar-refractivity contribution in [1.82, 2.24) is 4.31 Å². The molecule has 0 unspecified atom stereocenters. The fourth-order valence-electron chi connectivity index (χ4n) is 2.89. The molecule has 0 atom stereocenters. The smallest absolute Gasteiger partial charge is 0.243 e. The third-order valence-electron chi connectivity index (χ3n) is 4.38. The van der Waals surface area contributed by atoms with Gasteiger partial charge in [0.05, 0.1) is 22.0 Å². The first-order valence-corrected chi connectivity index (χ1v) is 10.6. The Hall–Kier alpha value is -2.60. The third-order valence-corrected chi connectivity index (χ3v) is 6.61. The summed E-state index contributed by atoms with van der Waals surface area (Å²) >= 11 is 5.94. The molecule has 2 aromatic carbocycles. The maximum absolute atomic E-state index is 12.5. The van der Waals surface area contributed by atoms with E-state index in [1.165, 1.54) is 28.6 Å². The Bertz CT molecular complexity index is 1010. The number of nitrogens with zero attached hydrogens (tertiary/aromatic N) is 2. The summed E-state index contributed by atoms with van der Waals surface area (Å²) in [7, 11) is -3.45. The Labute approximate surface area is 169 Å². The summed E-state index contributed by atoms with van der Waals surface area (Å²) in [6, 6.07) is 12.9. The first kappa shape index (κ1) is 20.1. The minimum Gasteiger partial charge on any atom is -0.376 e. The number of carbonyl (C=O) groups excluding carboxylic acids is 1. The lowest BCUT2D eigenvalue weighted by molar-refractivity contribution is -0.114. The van der Waals surface area contributed by atoms with Crippen LogP contribution in [-0.4, -0.2) is 38.3 Å². The third kappa shape index (κ3) is 4.62. The van der Waals surface area contributed by atoms with Crippen LogP contribution in [0, 0.1) is 11.3 Å². The molecule has 1 aliphatic heterocycles. The summed E-state index contributed by atoms with van der Waals surface area (Å²) in [4.78, 5) is 12.3. The van der Waals surface area contributed by atoms with Crippen molar-refractivity contribution >= 4 is 38.9 Å². The molecule has 2 N–H and O–H groups in total. The van der Waals surface area contributed by atoms with Crippen LogP contribution >= 0.6 is 11.6 Å². The molecule has 0 spiro atoms. The molecule has 0 bridgehead atoms. The monoisotopic (exact) mass is 418 g/mol. The number of halogens is 1. The molecule has 1 saturated heterocycles. The second-order valence-electron chi connectivity index (χ2n) is 6.34. The maximum atomic E-state index is 12.5. The van der Waals surface area contributed by atoms with Gasteiger partial charge in [0.25, 0.3) is 0 Å². The van der Waals surface area contributed by atoms with Gasteiger partial charge in [-0.2, -0.15) is 9.57 Å². The molecule has 28 heavy (non-hydrogen) atoms. The normalized spacial score (nSPS) is 14.4. The summed E-state index contributed by atoms with van der Waals surface area (Å²) < 4.78 is 26.5. The van der Waals surface area contributed by atoms with Crippen LogP contribution in [0.1, 0.15) is 18.4 Å². The lowest BCUT2D eigenvalue weighted by Gasteiger charge is -2.15. The fourth-order valence-corrected chi connectivity index (χ4v) is 4.63. The molecule has 0 radical (unpaired) electrons. The maximum Gasteiger partial charge on any atom is 0.243 e. The standard InChI is InChI=1S/C19H19ClN4O3S/c20-18-11-16(4-3-14(18)12-21)23-19(25)13-22-15-5-7-17(8-6-15)28(26,27)24-9-1-2-10-24/h3-8,11,22H,1-2,9-10,13H2,(H,23,25). The molecular formula is C19H19ClN4O3S. The van der Waals surface area contributed by atoms with Gasteiger partial charge in [-0.15, -0.1) is 0 Å². The van der Waals surface area contributed by atoms with Gasteiger partial charge in [0.2, 0.25) is 15.9 Å². The molecule has 1 aliphatic rings. The highest BCUT2D eigenvalue weighted by molar-refractivity contribution is 7.89. The molecule has 0 aromatic heterocycles. The Balaban J connectivity index is 1.57. The van der Waals surface area contributed by atoms with Crippen LogP contribution in [0.3, 0.4) is 0 Å². The van der Waals surface area contributed by atoms with E-state index in [2.05, 4.69) is 10.6 Å². The number of nitrogens with one attached hydrogen (secondary N) is 2. The van der Waals surface area contributed by atoms with Crippen molar-refractivity contribution in [3.63, 3.8) is 0 Å². The van der Waals surface area contributed by atoms with E-state index < -0.39 is 10.0 Å². The zero-order valence-corrected chi connectivity index (χ0v) is 16.6. The number of amides is 1. The second kappa shape index (κ2) is 8.61. The van der Waals surface area contributed by atoms with Crippen LogP contribution in [0.5, 0.6) is 0 Å². The molecule has 3 rings (SSSR count). The minimum atomic E-state index is -3.45. The van der Waals surface area contributed by atoms with Gasteiger partial charge in [0.1, 0.15) is 6.07 Å². The number of carbonyl (C=O) groups is 1. The summed E-state index contributed by atoms with van der Waals surface area (Å²) in [6.45, 7) is 1.11. The number of hydrogen-bond donors (Lipinski definition) is 2. The van der Waals surface area contributed by atoms with E-state index in [-0.39, 0.29) is 22.4 Å². The van der Waals surface area contributed by atoms with Crippen LogP contribution in [0.25, 0.3) is 0 Å². The van der Waals surface area contributed by atoms with Gasteiger partial charge in [0.15, 0.2) is 0 Å². The van der Waals surface area contributed by atoms with Gasteiger partial charge < -0.3 is 10.6 Å². The molecule has 0 aliphatic carbocycles. The van der Waals surface area contributed by atoms with E-state index in [1.54, 1.807) is 18.2 Å². The Morgan fingerprint density at radius 2 is 1.75 bits per heavy atom. The molecule has 2 aromatic rings. The quantitative estimate of drug-likeness (QED) is 0.750. The Morgan fingerprint density at radius 1 is 1.11 bits per heavy atom. The number of rotatable bonds is 6. The summed E-state index contributed by atoms with van der Waals surface area (Å²) in [6.07, 6.45) is 1.77. The molecule has 9 heteroatoms. The van der Waals surface area contributed by atoms with Crippen LogP contribution in [-0.2, 0) is 14.8 Å². The van der Waals surface area contributed by atoms with Gasteiger partial charge in [-0.1, -0.05) is 11.6 Å². The molecular weight excluding hydrogens is 400 g/mol. The SMILES string of the molecule is N#Cc1ccc(NC(=O)CNc2ccc(S(=O)(=O)N3CCCC3)cc2)cc1Cl. The highest BCUT2D eigenvalue weighted by Gasteiger charge is 2.26. The molecule has 1 amide bonds. The fraction of sp³-hybridized carbons (Fsp3) is 0.263. The van der Waals surface area contributed by atoms with E-state index in [4.69, 9.17) is 16.9 Å². The summed E-state index contributed by atoms with van der Waals surface area (Å²) in [5.41, 5.74) is 1.46. The zero-order chi connectivity index (χ0) is 20.1. The minimum absolute atomic E-state index is 0.00412. The number of hydrogen-bond acceptors (Lipinski definition) is 5. The van der Waals surface area contributed by atoms with Gasteiger partial charge in [-0.05, 0) is 55.3 Å². The molecule has 7 nitrogen and oxygen atoms in total. The molecule has 146 valence electrons. The summed E-state index contributed by atoms with van der Waals surface area (Å²) in [5.74, 6) is -0.297. The van der Waals surface area contributed by atoms with E-state index in [1.807, 2.05) is 6.07 Å². The van der Waals surface area contributed by atoms with Gasteiger partial charge in [-0.25, -0.2) is 8.42 Å². The van der Waals surface area contributed by atoms with Crippen LogP contribution in [0.2, 0.25) is 5.02 Å². The Kier molecular flexibility index (Phi) is 6.19. The average Bonchev–Trinajstić information content (AvgIpc) is 3.23. The second-order valence-corrected chi connectivity index (χ2v) is 8.69. The van der Waals surface area contributed by atoms with Crippen LogP contribution in [0.4, 0.5) is 11.4 Å². The molecule has 0 saturated carbocycles. The molecule has 1 heterocycles. The number of benzene rings is 2. The van der Waals surface area contributed by atoms with Crippen LogP contribution < -0.4 is 10.6 Å². The van der Waals surface area contributed by atoms with E-state index in [9.17, 15) is 13.2 Å².